The number of carboxylic acids is 1. The van der Waals surface area contributed by atoms with E-state index in [0.717, 1.165) is 0 Å². The van der Waals surface area contributed by atoms with Crippen LogP contribution in [0.15, 0.2) is 48.8 Å². The molecule has 3 aromatic rings. The Morgan fingerprint density at radius 1 is 1.29 bits per heavy atom. The van der Waals surface area contributed by atoms with Crippen LogP contribution in [0.3, 0.4) is 0 Å². The van der Waals surface area contributed by atoms with Crippen molar-refractivity contribution in [1.29, 1.82) is 5.26 Å². The fourth-order valence-corrected chi connectivity index (χ4v) is 6.76. The number of rotatable bonds is 13. The van der Waals surface area contributed by atoms with Crippen LogP contribution >= 0.6 is 7.75 Å². The van der Waals surface area contributed by atoms with Gasteiger partial charge in [-0.25, -0.2) is 14.1 Å². The molecule has 0 saturated carbocycles. The number of hydrogen-bond donors (Lipinski definition) is 5. The molecule has 0 unspecified atom stereocenters. The van der Waals surface area contributed by atoms with Crippen molar-refractivity contribution < 1.29 is 38.5 Å². The van der Waals surface area contributed by atoms with Gasteiger partial charge in [-0.2, -0.15) is 15.4 Å². The molecule has 0 radical (unpaired) electrons. The molecule has 1 saturated heterocycles. The van der Waals surface area contributed by atoms with Crippen molar-refractivity contribution >= 4 is 25.1 Å². The summed E-state index contributed by atoms with van der Waals surface area (Å²) in [4.78, 5) is 16.3. The zero-order valence-corrected chi connectivity index (χ0v) is 24.3. The van der Waals surface area contributed by atoms with Crippen LogP contribution < -0.4 is 15.3 Å². The van der Waals surface area contributed by atoms with Crippen LogP contribution in [0.1, 0.15) is 45.7 Å². The first-order valence-electron chi connectivity index (χ1n) is 13.5. The third-order valence-electron chi connectivity index (χ3n) is 7.57. The van der Waals surface area contributed by atoms with Gasteiger partial charge < -0.3 is 30.3 Å². The number of nitriles is 1. The summed E-state index contributed by atoms with van der Waals surface area (Å²) in [5.41, 5.74) is 2.51. The third-order valence-corrected chi connectivity index (χ3v) is 9.28. The highest BCUT2D eigenvalue weighted by Crippen LogP contribution is 2.49. The van der Waals surface area contributed by atoms with Gasteiger partial charge in [0.25, 0.3) is 0 Å². The fourth-order valence-electron chi connectivity index (χ4n) is 5.06. The Bertz CT molecular complexity index is 1490. The van der Waals surface area contributed by atoms with E-state index in [1.807, 2.05) is 19.9 Å². The summed E-state index contributed by atoms with van der Waals surface area (Å²) in [6.45, 7) is 4.63. The van der Waals surface area contributed by atoms with Crippen LogP contribution in [0.4, 0.5) is 5.82 Å². The maximum atomic E-state index is 14.2. The lowest BCUT2D eigenvalue weighted by Gasteiger charge is -2.33. The van der Waals surface area contributed by atoms with Gasteiger partial charge in [-0.1, -0.05) is 44.9 Å². The van der Waals surface area contributed by atoms with Crippen molar-refractivity contribution in [2.75, 3.05) is 12.3 Å². The lowest BCUT2D eigenvalue weighted by Crippen LogP contribution is -2.50. The number of ether oxygens (including phenoxy) is 1. The first-order chi connectivity index (χ1) is 19.9. The number of aliphatic hydroxyl groups is 2. The van der Waals surface area contributed by atoms with E-state index < -0.39 is 49.8 Å². The first kappa shape index (κ1) is 31.4. The van der Waals surface area contributed by atoms with Crippen molar-refractivity contribution in [1.82, 2.24) is 19.7 Å². The molecule has 1 fully saturated rings. The normalized spacial score (nSPS) is 25.1. The minimum atomic E-state index is -4.48. The topological polar surface area (TPSA) is 215 Å². The number of nitrogens with zero attached hydrogens (tertiary/aromatic N) is 4. The number of nitrogen functional groups attached to an aromatic ring is 1. The predicted octanol–water partition coefficient (Wildman–Crippen LogP) is 2.61. The first-order valence-corrected chi connectivity index (χ1v) is 15.0. The van der Waals surface area contributed by atoms with Crippen molar-refractivity contribution in [2.24, 2.45) is 5.92 Å². The van der Waals surface area contributed by atoms with Gasteiger partial charge >= 0.3 is 13.7 Å². The summed E-state index contributed by atoms with van der Waals surface area (Å²) in [5, 5.41) is 48.9. The minimum Gasteiger partial charge on any atom is -0.480 e. The Morgan fingerprint density at radius 3 is 2.60 bits per heavy atom. The summed E-state index contributed by atoms with van der Waals surface area (Å²) >= 11 is 0. The molecule has 42 heavy (non-hydrogen) atoms. The number of nitrogens with one attached hydrogen (secondary N) is 1. The SMILES string of the molecule is CCC(CC)C[C@](C)(N[P@@](=O)(OC[C@H]1O[C@@](C#N)(c2ccc3c(N)ncnn23)[C@H](O)[C@@H]1O)Oc1ccccc1)C(=O)O. The molecular weight excluding hydrogens is 567 g/mol. The van der Waals surface area contributed by atoms with E-state index in [0.29, 0.717) is 18.4 Å². The van der Waals surface area contributed by atoms with E-state index >= 15 is 0 Å². The van der Waals surface area contributed by atoms with Gasteiger partial charge in [0.1, 0.15) is 47.5 Å². The van der Waals surface area contributed by atoms with Gasteiger partial charge in [0.2, 0.25) is 5.60 Å². The summed E-state index contributed by atoms with van der Waals surface area (Å²) in [6, 6.07) is 13.0. The monoisotopic (exact) mass is 602 g/mol. The van der Waals surface area contributed by atoms with Gasteiger partial charge in [-0.15, -0.1) is 0 Å². The molecule has 0 bridgehead atoms. The Labute approximate surface area is 242 Å². The summed E-state index contributed by atoms with van der Waals surface area (Å²) < 4.78 is 32.7. The van der Waals surface area contributed by atoms with E-state index in [2.05, 4.69) is 15.2 Å². The van der Waals surface area contributed by atoms with E-state index in [-0.39, 0.29) is 29.6 Å². The zero-order chi connectivity index (χ0) is 30.7. The van der Waals surface area contributed by atoms with Crippen molar-refractivity contribution in [3.63, 3.8) is 0 Å². The number of fused-ring (bicyclic) bond motifs is 1. The standard InChI is InChI=1S/C27H35N6O8P/c1-4-17(5-2)13-26(3,25(36)37)32-42(38,41-18-9-7-6-8-10-18)39-14-20-22(34)23(35)27(15-28,40-20)21-12-11-19-24(29)30-16-31-33(19)21/h6-12,16-17,20,22-23,34-35H,4-5,13-14H2,1-3H3,(H,32,38)(H,36,37)(H2,29,30,31)/t20-,22-,23-,26+,27+,42-/m1/s1. The number of aliphatic hydroxyl groups excluding tert-OH is 2. The Hall–Kier alpha value is -3.57. The van der Waals surface area contributed by atoms with E-state index in [1.54, 1.807) is 18.2 Å². The third kappa shape index (κ3) is 5.98. The molecule has 1 aliphatic heterocycles. The number of carbonyl (C=O) groups is 1. The van der Waals surface area contributed by atoms with Crippen molar-refractivity contribution in [2.45, 2.75) is 69.5 Å². The fraction of sp³-hybridized carbons (Fsp3) is 0.481. The lowest BCUT2D eigenvalue weighted by molar-refractivity contribution is -0.144. The number of hydrogen-bond acceptors (Lipinski definition) is 11. The van der Waals surface area contributed by atoms with Gasteiger partial charge in [0, 0.05) is 0 Å². The molecule has 6 atom stereocenters. The molecule has 14 nitrogen and oxygen atoms in total. The number of anilines is 1. The van der Waals surface area contributed by atoms with Gasteiger partial charge in [-0.3, -0.25) is 9.32 Å². The lowest BCUT2D eigenvalue weighted by atomic mass is 9.87. The van der Waals surface area contributed by atoms with Crippen LogP contribution in [0.2, 0.25) is 0 Å². The smallest absolute Gasteiger partial charge is 0.459 e. The second-order valence-electron chi connectivity index (χ2n) is 10.4. The molecule has 226 valence electrons. The summed E-state index contributed by atoms with van der Waals surface area (Å²) in [5.74, 6) is -0.991. The van der Waals surface area contributed by atoms with Crippen LogP contribution in [-0.2, 0) is 24.2 Å². The number of aromatic nitrogens is 3. The Morgan fingerprint density at radius 2 is 1.98 bits per heavy atom. The second-order valence-corrected chi connectivity index (χ2v) is 12.1. The summed E-state index contributed by atoms with van der Waals surface area (Å²) in [6.07, 6.45) is -2.12. The largest absolute Gasteiger partial charge is 0.480 e. The average molecular weight is 603 g/mol. The van der Waals surface area contributed by atoms with Gasteiger partial charge in [-0.05, 0) is 43.5 Å². The van der Waals surface area contributed by atoms with E-state index in [1.165, 1.54) is 42.0 Å². The van der Waals surface area contributed by atoms with Crippen LogP contribution in [0, 0.1) is 17.2 Å². The molecule has 0 spiro atoms. The van der Waals surface area contributed by atoms with Crippen LogP contribution in [0.5, 0.6) is 5.75 Å². The predicted molar refractivity (Wildman–Crippen MR) is 150 cm³/mol. The molecular formula is C27H35N6O8P. The Balaban J connectivity index is 1.63. The molecule has 6 N–H and O–H groups in total. The number of benzene rings is 1. The molecule has 0 aliphatic carbocycles. The minimum absolute atomic E-state index is 0.00451. The maximum Gasteiger partial charge on any atom is 0.459 e. The molecule has 1 aromatic carbocycles. The molecule has 4 rings (SSSR count). The quantitative estimate of drug-likeness (QED) is 0.178. The number of nitrogens with two attached hydrogens (primary N) is 1. The van der Waals surface area contributed by atoms with E-state index in [4.69, 9.17) is 19.5 Å². The van der Waals surface area contributed by atoms with E-state index in [9.17, 15) is 29.9 Å². The molecule has 2 aromatic heterocycles. The zero-order valence-electron chi connectivity index (χ0n) is 23.5. The highest BCUT2D eigenvalue weighted by atomic mass is 31.2. The molecule has 1 aliphatic rings. The number of carboxylic acid groups (broad SMARTS) is 1. The van der Waals surface area contributed by atoms with Gasteiger partial charge in [0.05, 0.1) is 12.3 Å². The average Bonchev–Trinajstić information content (AvgIpc) is 3.51. The van der Waals surface area contributed by atoms with Crippen molar-refractivity contribution in [3.05, 3.63) is 54.5 Å². The molecule has 15 heteroatoms. The maximum absolute atomic E-state index is 14.2. The van der Waals surface area contributed by atoms with Crippen molar-refractivity contribution in [3.8, 4) is 11.8 Å². The summed E-state index contributed by atoms with van der Waals surface area (Å²) in [7, 11) is -4.48. The Kier molecular flexibility index (Phi) is 9.22. The van der Waals surface area contributed by atoms with Gasteiger partial charge in [0.15, 0.2) is 5.82 Å². The number of para-hydroxylation sites is 1. The molecule has 3 heterocycles. The van der Waals surface area contributed by atoms with Crippen LogP contribution in [-0.4, -0.2) is 66.3 Å². The second kappa shape index (κ2) is 12.3. The number of aliphatic carboxylic acids is 1. The highest BCUT2D eigenvalue weighted by Gasteiger charge is 2.58. The van der Waals surface area contributed by atoms with Crippen LogP contribution in [0.25, 0.3) is 5.52 Å². The molecule has 0 amide bonds. The highest BCUT2D eigenvalue weighted by molar-refractivity contribution is 7.52.